The van der Waals surface area contributed by atoms with Gasteiger partial charge in [-0.05, 0) is 18.2 Å². The molecule has 1 fully saturated rings. The summed E-state index contributed by atoms with van der Waals surface area (Å²) >= 11 is 0. The van der Waals surface area contributed by atoms with E-state index in [0.29, 0.717) is 42.4 Å². The number of benzene rings is 2. The van der Waals surface area contributed by atoms with E-state index < -0.39 is 0 Å². The number of nitrogens with two attached hydrogens (primary N) is 1. The Labute approximate surface area is 207 Å². The summed E-state index contributed by atoms with van der Waals surface area (Å²) in [5.74, 6) is 1.52. The van der Waals surface area contributed by atoms with Crippen molar-refractivity contribution in [3.05, 3.63) is 60.6 Å². The van der Waals surface area contributed by atoms with Crippen LogP contribution in [0.4, 0.5) is 22.9 Å². The molecule has 2 aromatic carbocycles. The summed E-state index contributed by atoms with van der Waals surface area (Å²) in [7, 11) is 0. The molecule has 0 bridgehead atoms. The number of ether oxygens (including phenoxy) is 1. The van der Waals surface area contributed by atoms with Crippen LogP contribution < -0.4 is 20.7 Å². The van der Waals surface area contributed by atoms with Crippen LogP contribution in [0.5, 0.6) is 5.75 Å². The molecule has 1 saturated heterocycles. The molecule has 0 radical (unpaired) electrons. The molecule has 0 unspecified atom stereocenters. The predicted molar refractivity (Wildman–Crippen MR) is 139 cm³/mol. The molecular formula is C26H26N8O2. The van der Waals surface area contributed by atoms with Crippen LogP contribution in [0.3, 0.4) is 0 Å². The van der Waals surface area contributed by atoms with Gasteiger partial charge in [0.25, 0.3) is 0 Å². The summed E-state index contributed by atoms with van der Waals surface area (Å²) in [6.07, 6.45) is 6.75. The zero-order valence-corrected chi connectivity index (χ0v) is 19.8. The van der Waals surface area contributed by atoms with Gasteiger partial charge in [0, 0.05) is 79.9 Å². The highest BCUT2D eigenvalue weighted by Gasteiger charge is 2.33. The maximum atomic E-state index is 11.8. The van der Waals surface area contributed by atoms with Crippen LogP contribution >= 0.6 is 0 Å². The number of rotatable bonds is 4. The number of amides is 1. The van der Waals surface area contributed by atoms with Gasteiger partial charge < -0.3 is 35.4 Å². The van der Waals surface area contributed by atoms with Gasteiger partial charge in [0.1, 0.15) is 12.4 Å². The van der Waals surface area contributed by atoms with Crippen LogP contribution in [0, 0.1) is 5.41 Å². The number of carbonyl (C=O) groups is 1. The van der Waals surface area contributed by atoms with E-state index in [1.165, 1.54) is 6.21 Å². The lowest BCUT2D eigenvalue weighted by molar-refractivity contribution is -0.129. The number of fused-ring (bicyclic) bond motifs is 4. The smallest absolute Gasteiger partial charge is 0.219 e. The number of piperazine rings is 1. The van der Waals surface area contributed by atoms with Crippen LogP contribution in [-0.2, 0) is 4.79 Å². The highest BCUT2D eigenvalue weighted by molar-refractivity contribution is 5.87. The van der Waals surface area contributed by atoms with Crippen molar-refractivity contribution >= 4 is 40.6 Å². The molecule has 2 aromatic heterocycles. The summed E-state index contributed by atoms with van der Waals surface area (Å²) in [6, 6.07) is 11.7. The van der Waals surface area contributed by atoms with E-state index >= 15 is 0 Å². The molecule has 182 valence electrons. The number of carbonyl (C=O) groups excluding carboxylic acids is 1. The van der Waals surface area contributed by atoms with Crippen molar-refractivity contribution in [3.63, 3.8) is 0 Å². The van der Waals surface area contributed by atoms with Gasteiger partial charge in [-0.1, -0.05) is 12.1 Å². The monoisotopic (exact) mass is 482 g/mol. The first kappa shape index (κ1) is 21.9. The molecule has 1 amide bonds. The van der Waals surface area contributed by atoms with E-state index in [1.54, 1.807) is 13.1 Å². The highest BCUT2D eigenvalue weighted by atomic mass is 16.5. The number of nitrogens with zero attached hydrogens (tertiary/aromatic N) is 5. The first-order valence-electron chi connectivity index (χ1n) is 11.8. The Hall–Kier alpha value is -4.60. The fraction of sp³-hybridized carbons (Fsp3) is 0.231. The number of aromatic nitrogens is 3. The van der Waals surface area contributed by atoms with E-state index in [4.69, 9.17) is 20.9 Å². The Morgan fingerprint density at radius 1 is 1.25 bits per heavy atom. The number of hydrogen-bond acceptors (Lipinski definition) is 8. The van der Waals surface area contributed by atoms with Gasteiger partial charge >= 0.3 is 0 Å². The van der Waals surface area contributed by atoms with Gasteiger partial charge in [-0.2, -0.15) is 0 Å². The number of nitrogen functional groups attached to an aromatic ring is 1. The van der Waals surface area contributed by atoms with Gasteiger partial charge in [0.2, 0.25) is 5.91 Å². The molecule has 4 heterocycles. The molecular weight excluding hydrogens is 456 g/mol. The summed E-state index contributed by atoms with van der Waals surface area (Å²) in [5, 5.41) is 10.9. The zero-order chi connectivity index (χ0) is 24.8. The Morgan fingerprint density at radius 2 is 2.14 bits per heavy atom. The molecule has 4 N–H and O–H groups in total. The van der Waals surface area contributed by atoms with Crippen LogP contribution in [0.15, 0.2) is 55.0 Å². The minimum Gasteiger partial charge on any atom is -0.489 e. The lowest BCUT2D eigenvalue weighted by atomic mass is 10.1. The molecule has 1 atom stereocenters. The second-order valence-corrected chi connectivity index (χ2v) is 9.05. The molecule has 36 heavy (non-hydrogen) atoms. The van der Waals surface area contributed by atoms with Gasteiger partial charge in [0.15, 0.2) is 11.5 Å². The first-order chi connectivity index (χ1) is 17.5. The maximum absolute atomic E-state index is 11.8. The molecule has 2 aliphatic rings. The standard InChI is InChI=1S/C26H26N8O2/c1-16(35)32-8-9-34-20(13-32)15-36-24-11-19(4-5-23(24)34)30-25-26-29-6-7-33(26)14-22(31-25)17-2-3-18(12-27)21(28)10-17/h2-7,10-12,14,20,27H,8-9,13,15,28H2,1H3,(H,30,31)/t20-/m1/s1. The van der Waals surface area contributed by atoms with E-state index in [0.717, 1.165) is 34.9 Å². The van der Waals surface area contributed by atoms with Crippen LogP contribution in [0.2, 0.25) is 0 Å². The molecule has 0 saturated carbocycles. The third-order valence-corrected chi connectivity index (χ3v) is 6.80. The summed E-state index contributed by atoms with van der Waals surface area (Å²) in [4.78, 5) is 25.3. The van der Waals surface area contributed by atoms with E-state index in [-0.39, 0.29) is 11.9 Å². The Bertz CT molecular complexity index is 1500. The zero-order valence-electron chi connectivity index (χ0n) is 19.8. The largest absolute Gasteiger partial charge is 0.489 e. The van der Waals surface area contributed by atoms with Crippen LogP contribution in [0.25, 0.3) is 16.9 Å². The minimum absolute atomic E-state index is 0.105. The van der Waals surface area contributed by atoms with Gasteiger partial charge in [0.05, 0.1) is 17.4 Å². The lowest BCUT2D eigenvalue weighted by Crippen LogP contribution is -2.58. The lowest BCUT2D eigenvalue weighted by Gasteiger charge is -2.45. The first-order valence-corrected chi connectivity index (χ1v) is 11.8. The van der Waals surface area contributed by atoms with Crippen molar-refractivity contribution in [1.82, 2.24) is 19.3 Å². The molecule has 0 spiro atoms. The normalized spacial score (nSPS) is 16.8. The number of nitrogens with one attached hydrogen (secondary N) is 2. The van der Waals surface area contributed by atoms with Crippen molar-refractivity contribution in [2.24, 2.45) is 0 Å². The van der Waals surface area contributed by atoms with Crippen molar-refractivity contribution in [1.29, 1.82) is 5.41 Å². The third-order valence-electron chi connectivity index (χ3n) is 6.80. The maximum Gasteiger partial charge on any atom is 0.219 e. The quantitative estimate of drug-likeness (QED) is 0.301. The van der Waals surface area contributed by atoms with E-state index in [1.807, 2.05) is 52.0 Å². The molecule has 2 aliphatic heterocycles. The Kier molecular flexibility index (Phi) is 5.21. The topological polar surface area (TPSA) is 125 Å². The SMILES string of the molecule is CC(=O)N1CCN2c3ccc(Nc4nc(-c5ccc(C=N)c(N)c5)cn5ccnc45)cc3OC[C@H]2C1. The summed E-state index contributed by atoms with van der Waals surface area (Å²) in [6.45, 7) is 4.32. The summed E-state index contributed by atoms with van der Waals surface area (Å²) in [5.41, 5.74) is 11.4. The third kappa shape index (κ3) is 3.76. The average molecular weight is 483 g/mol. The van der Waals surface area contributed by atoms with E-state index in [2.05, 4.69) is 21.3 Å². The average Bonchev–Trinajstić information content (AvgIpc) is 3.37. The summed E-state index contributed by atoms with van der Waals surface area (Å²) < 4.78 is 8.02. The minimum atomic E-state index is 0.105. The predicted octanol–water partition coefficient (Wildman–Crippen LogP) is 3.15. The van der Waals surface area contributed by atoms with E-state index in [9.17, 15) is 4.79 Å². The van der Waals surface area contributed by atoms with Crippen molar-refractivity contribution < 1.29 is 9.53 Å². The Balaban J connectivity index is 1.30. The molecule has 0 aliphatic carbocycles. The van der Waals surface area contributed by atoms with Gasteiger partial charge in [-0.15, -0.1) is 0 Å². The van der Waals surface area contributed by atoms with Crippen molar-refractivity contribution in [2.75, 3.05) is 42.2 Å². The number of imidazole rings is 1. The number of anilines is 4. The second kappa shape index (κ2) is 8.56. The highest BCUT2D eigenvalue weighted by Crippen LogP contribution is 2.38. The van der Waals surface area contributed by atoms with Gasteiger partial charge in [-0.25, -0.2) is 9.97 Å². The van der Waals surface area contributed by atoms with Gasteiger partial charge in [-0.3, -0.25) is 4.79 Å². The Morgan fingerprint density at radius 3 is 2.94 bits per heavy atom. The fourth-order valence-corrected chi connectivity index (χ4v) is 4.89. The number of hydrogen-bond donors (Lipinski definition) is 3. The molecule has 4 aromatic rings. The van der Waals surface area contributed by atoms with Crippen LogP contribution in [-0.4, -0.2) is 63.7 Å². The van der Waals surface area contributed by atoms with Crippen molar-refractivity contribution in [2.45, 2.75) is 13.0 Å². The van der Waals surface area contributed by atoms with Crippen LogP contribution in [0.1, 0.15) is 12.5 Å². The molecule has 10 nitrogen and oxygen atoms in total. The van der Waals surface area contributed by atoms with Crippen molar-refractivity contribution in [3.8, 4) is 17.0 Å². The molecule has 10 heteroatoms. The second-order valence-electron chi connectivity index (χ2n) is 9.05. The fourth-order valence-electron chi connectivity index (χ4n) is 4.89. The molecule has 6 rings (SSSR count).